The van der Waals surface area contributed by atoms with Gasteiger partial charge >= 0.3 is 11.9 Å². The zero-order valence-electron chi connectivity index (χ0n) is 28.7. The van der Waals surface area contributed by atoms with Crippen molar-refractivity contribution in [2.45, 2.75) is 87.7 Å². The fraction of sp³-hybridized carbons (Fsp3) is 0.439. The highest BCUT2D eigenvalue weighted by Crippen LogP contribution is 2.55. The number of halogens is 1. The number of carbonyl (C=O) groups is 2. The molecule has 2 saturated carbocycles. The van der Waals surface area contributed by atoms with Crippen LogP contribution in [0.4, 0.5) is 0 Å². The topological polar surface area (TPSA) is 108 Å². The highest BCUT2D eigenvalue weighted by Gasteiger charge is 2.45. The Labute approximate surface area is 308 Å². The Morgan fingerprint density at radius 1 is 0.820 bits per heavy atom. The van der Waals surface area contributed by atoms with E-state index in [4.69, 9.17) is 16.6 Å². The molecule has 0 aliphatic heterocycles. The van der Waals surface area contributed by atoms with Crippen molar-refractivity contribution in [1.82, 2.24) is 4.98 Å². The van der Waals surface area contributed by atoms with Crippen molar-refractivity contribution in [3.8, 4) is 0 Å². The first-order valence-corrected chi connectivity index (χ1v) is 19.9. The maximum atomic E-state index is 11.7. The summed E-state index contributed by atoms with van der Waals surface area (Å²) in [5, 5.41) is 32.0. The summed E-state index contributed by atoms with van der Waals surface area (Å²) in [4.78, 5) is 28.4. The Balaban J connectivity index is 1.29. The summed E-state index contributed by atoms with van der Waals surface area (Å²) in [7, 11) is 0. The van der Waals surface area contributed by atoms with E-state index in [1.165, 1.54) is 11.1 Å². The quantitative estimate of drug-likeness (QED) is 0.0928. The average molecular weight is 732 g/mol. The second-order valence-corrected chi connectivity index (χ2v) is 17.8. The Hall–Kier alpha value is -3.04. The van der Waals surface area contributed by atoms with Crippen molar-refractivity contribution in [2.24, 2.45) is 10.8 Å². The molecule has 264 valence electrons. The number of hydrogen-bond acceptors (Lipinski definition) is 6. The van der Waals surface area contributed by atoms with Crippen LogP contribution in [-0.2, 0) is 28.0 Å². The van der Waals surface area contributed by atoms with Crippen LogP contribution >= 0.6 is 35.1 Å². The molecule has 1 unspecified atom stereocenters. The lowest BCUT2D eigenvalue weighted by molar-refractivity contribution is -0.139. The van der Waals surface area contributed by atoms with Crippen LogP contribution in [0.15, 0.2) is 78.9 Å². The van der Waals surface area contributed by atoms with Crippen LogP contribution < -0.4 is 0 Å². The van der Waals surface area contributed by atoms with Crippen molar-refractivity contribution >= 4 is 58.0 Å². The predicted molar refractivity (Wildman–Crippen MR) is 205 cm³/mol. The van der Waals surface area contributed by atoms with Crippen molar-refractivity contribution in [3.05, 3.63) is 112 Å². The van der Waals surface area contributed by atoms with Gasteiger partial charge in [0, 0.05) is 44.5 Å². The molecule has 6 nitrogen and oxygen atoms in total. The molecule has 3 aromatic carbocycles. The van der Waals surface area contributed by atoms with Gasteiger partial charge in [0.2, 0.25) is 0 Å². The van der Waals surface area contributed by atoms with Crippen molar-refractivity contribution in [3.63, 3.8) is 0 Å². The molecular formula is C41H46ClNO5S2. The number of aliphatic hydroxyl groups is 1. The highest BCUT2D eigenvalue weighted by molar-refractivity contribution is 7.99. The van der Waals surface area contributed by atoms with Crippen LogP contribution in [0.5, 0.6) is 0 Å². The van der Waals surface area contributed by atoms with Gasteiger partial charge < -0.3 is 15.3 Å². The van der Waals surface area contributed by atoms with E-state index in [-0.39, 0.29) is 34.2 Å². The van der Waals surface area contributed by atoms with Crippen LogP contribution in [-0.4, -0.2) is 43.7 Å². The summed E-state index contributed by atoms with van der Waals surface area (Å²) < 4.78 is 0. The van der Waals surface area contributed by atoms with E-state index < -0.39 is 17.5 Å². The molecule has 0 spiro atoms. The van der Waals surface area contributed by atoms with Crippen LogP contribution in [0.1, 0.15) is 97.2 Å². The van der Waals surface area contributed by atoms with E-state index in [0.717, 1.165) is 77.8 Å². The number of aromatic nitrogens is 1. The van der Waals surface area contributed by atoms with E-state index in [0.29, 0.717) is 11.4 Å². The first-order valence-electron chi connectivity index (χ1n) is 17.4. The molecule has 0 bridgehead atoms. The SMILES string of the molecule is CC(C)(O)c1ccccc1CCC(SCC1(CC(=O)O)CC1)c1cccc([C@@H](Cc2ccc3ccc(Cl)cc3n2)SCC2(CC(=O)O)CC2)c1. The first kappa shape index (κ1) is 36.7. The lowest BCUT2D eigenvalue weighted by Gasteiger charge is -2.25. The molecule has 6 rings (SSSR count). The number of carboxylic acid groups (broad SMARTS) is 2. The van der Waals surface area contributed by atoms with Gasteiger partial charge in [0.15, 0.2) is 0 Å². The molecule has 9 heteroatoms. The number of hydrogen-bond donors (Lipinski definition) is 3. The number of carboxylic acids is 2. The maximum absolute atomic E-state index is 11.7. The van der Waals surface area contributed by atoms with Gasteiger partial charge in [0.05, 0.1) is 24.0 Å². The minimum Gasteiger partial charge on any atom is -0.481 e. The largest absolute Gasteiger partial charge is 0.481 e. The van der Waals surface area contributed by atoms with Gasteiger partial charge in [-0.05, 0) is 104 Å². The van der Waals surface area contributed by atoms with Crippen LogP contribution in [0, 0.1) is 10.8 Å². The van der Waals surface area contributed by atoms with Crippen LogP contribution in [0.25, 0.3) is 10.9 Å². The monoisotopic (exact) mass is 731 g/mol. The molecule has 1 aromatic heterocycles. The van der Waals surface area contributed by atoms with E-state index in [2.05, 4.69) is 42.5 Å². The fourth-order valence-corrected chi connectivity index (χ4v) is 10.2. The van der Waals surface area contributed by atoms with E-state index in [1.54, 1.807) is 0 Å². The van der Waals surface area contributed by atoms with Gasteiger partial charge in [-0.1, -0.05) is 72.3 Å². The minimum atomic E-state index is -0.954. The minimum absolute atomic E-state index is 0.0636. The molecule has 2 aliphatic rings. The second kappa shape index (κ2) is 15.3. The summed E-state index contributed by atoms with van der Waals surface area (Å²) in [6.45, 7) is 3.65. The number of rotatable bonds is 18. The number of thioether (sulfide) groups is 2. The van der Waals surface area contributed by atoms with Crippen LogP contribution in [0.3, 0.4) is 0 Å². The molecule has 2 fully saturated rings. The predicted octanol–water partition coefficient (Wildman–Crippen LogP) is 10.0. The van der Waals surface area contributed by atoms with Crippen molar-refractivity contribution in [1.29, 1.82) is 0 Å². The van der Waals surface area contributed by atoms with Gasteiger partial charge in [0.25, 0.3) is 0 Å². The summed E-state index contributed by atoms with van der Waals surface area (Å²) in [5.74, 6) is 0.0940. The number of nitrogens with zero attached hydrogens (tertiary/aromatic N) is 1. The molecule has 2 aliphatic carbocycles. The second-order valence-electron chi connectivity index (χ2n) is 15.0. The first-order chi connectivity index (χ1) is 23.8. The smallest absolute Gasteiger partial charge is 0.303 e. The molecule has 50 heavy (non-hydrogen) atoms. The van der Waals surface area contributed by atoms with Gasteiger partial charge in [-0.3, -0.25) is 14.6 Å². The molecule has 3 N–H and O–H groups in total. The van der Waals surface area contributed by atoms with E-state index in [1.807, 2.05) is 73.8 Å². The van der Waals surface area contributed by atoms with Gasteiger partial charge in [-0.15, -0.1) is 0 Å². The molecule has 2 atom stereocenters. The van der Waals surface area contributed by atoms with Gasteiger partial charge in [0.1, 0.15) is 0 Å². The van der Waals surface area contributed by atoms with E-state index in [9.17, 15) is 24.9 Å². The summed E-state index contributed by atoms with van der Waals surface area (Å²) in [6, 6.07) is 26.8. The number of fused-ring (bicyclic) bond motifs is 1. The summed E-state index contributed by atoms with van der Waals surface area (Å²) in [6.07, 6.45) is 6.49. The number of aliphatic carboxylic acids is 2. The molecule has 4 aromatic rings. The van der Waals surface area contributed by atoms with E-state index >= 15 is 0 Å². The van der Waals surface area contributed by atoms with Crippen LogP contribution in [0.2, 0.25) is 5.02 Å². The molecule has 0 radical (unpaired) electrons. The number of pyridine rings is 1. The fourth-order valence-electron chi connectivity index (χ4n) is 6.93. The lowest BCUT2D eigenvalue weighted by Crippen LogP contribution is -2.18. The number of aryl methyl sites for hydroxylation is 1. The van der Waals surface area contributed by atoms with Gasteiger partial charge in [-0.2, -0.15) is 23.5 Å². The van der Waals surface area contributed by atoms with Crippen molar-refractivity contribution in [2.75, 3.05) is 11.5 Å². The van der Waals surface area contributed by atoms with Gasteiger partial charge in [-0.25, -0.2) is 0 Å². The third kappa shape index (κ3) is 9.64. The molecule has 0 amide bonds. The average Bonchev–Trinajstić information content (AvgIpc) is 4.00. The Morgan fingerprint density at radius 2 is 1.42 bits per heavy atom. The lowest BCUT2D eigenvalue weighted by atomic mass is 9.90. The zero-order chi connectivity index (χ0) is 35.5. The molecular weight excluding hydrogens is 686 g/mol. The Morgan fingerprint density at radius 3 is 2.04 bits per heavy atom. The highest BCUT2D eigenvalue weighted by atomic mass is 35.5. The summed E-state index contributed by atoms with van der Waals surface area (Å²) in [5.41, 5.74) is 5.02. The summed E-state index contributed by atoms with van der Waals surface area (Å²) >= 11 is 10.00. The molecule has 1 heterocycles. The zero-order valence-corrected chi connectivity index (χ0v) is 31.1. The standard InChI is InChI=1S/C41H46ClNO5S2/c1-39(2,48)33-9-4-3-6-27(33)12-15-35(49-25-40(16-17-40)23-37(44)45)29-7-5-8-30(20-29)36(50-26-41(18-19-41)24-38(46)47)22-32-14-11-28-10-13-31(42)21-34(28)43-32/h3-11,13-14,20-21,35-36,48H,12,15-19,22-26H2,1-2H3,(H,44,45)(H,46,47)/t35?,36-/m1/s1. The number of benzene rings is 3. The van der Waals surface area contributed by atoms with Crippen molar-refractivity contribution < 1.29 is 24.9 Å². The third-order valence-electron chi connectivity index (χ3n) is 10.3. The normalized spacial score (nSPS) is 17.3. The maximum Gasteiger partial charge on any atom is 0.303 e. The Kier molecular flexibility index (Phi) is 11.2. The Bertz CT molecular complexity index is 1850. The third-order valence-corrected chi connectivity index (χ3v) is 13.8. The molecule has 0 saturated heterocycles.